The average Bonchev–Trinajstić information content (AvgIpc) is 2.40. The Balaban J connectivity index is 1.94. The van der Waals surface area contributed by atoms with Gasteiger partial charge in [-0.3, -0.25) is 0 Å². The first-order chi connectivity index (χ1) is 8.69. The lowest BCUT2D eigenvalue weighted by atomic mass is 10.0. The number of anilines is 1. The normalized spacial score (nSPS) is 18.7. The second kappa shape index (κ2) is 5.74. The zero-order chi connectivity index (χ0) is 13.0. The number of likely N-dealkylation sites (N-methyl/N-ethyl adjacent to an activating group) is 1. The summed E-state index contributed by atoms with van der Waals surface area (Å²) in [7, 11) is 3.74. The van der Waals surface area contributed by atoms with Crippen molar-refractivity contribution in [1.29, 1.82) is 0 Å². The molecule has 0 radical (unpaired) electrons. The van der Waals surface area contributed by atoms with Crippen LogP contribution in [0.3, 0.4) is 0 Å². The van der Waals surface area contributed by atoms with Gasteiger partial charge in [0.1, 0.15) is 5.75 Å². The summed E-state index contributed by atoms with van der Waals surface area (Å²) < 4.78 is 5.14. The zero-order valence-electron chi connectivity index (χ0n) is 11.2. The molecule has 0 spiro atoms. The lowest BCUT2D eigenvalue weighted by molar-refractivity contribution is 0.337. The molecule has 2 rings (SSSR count). The van der Waals surface area contributed by atoms with E-state index in [1.54, 1.807) is 7.11 Å². The number of benzene rings is 1. The lowest BCUT2D eigenvalue weighted by Gasteiger charge is -2.28. The molecule has 1 aliphatic rings. The summed E-state index contributed by atoms with van der Waals surface area (Å²) in [5.41, 5.74) is 5.78. The fourth-order valence-electron chi connectivity index (χ4n) is 1.96. The quantitative estimate of drug-likeness (QED) is 0.823. The topological polar surface area (TPSA) is 24.5 Å². The lowest BCUT2D eigenvalue weighted by Crippen LogP contribution is -2.35. The molecule has 1 unspecified atom stereocenters. The Hall–Kier alpha value is -1.74. The molecule has 0 saturated heterocycles. The van der Waals surface area contributed by atoms with Gasteiger partial charge >= 0.3 is 0 Å². The molecular formula is C15H20N2O. The van der Waals surface area contributed by atoms with Crippen molar-refractivity contribution < 1.29 is 4.74 Å². The largest absolute Gasteiger partial charge is 0.497 e. The van der Waals surface area contributed by atoms with Gasteiger partial charge in [-0.05, 0) is 37.6 Å². The van der Waals surface area contributed by atoms with Crippen LogP contribution in [0.2, 0.25) is 0 Å². The monoisotopic (exact) mass is 244 g/mol. The zero-order valence-corrected chi connectivity index (χ0v) is 11.2. The Morgan fingerprint density at radius 2 is 2.00 bits per heavy atom. The summed E-state index contributed by atoms with van der Waals surface area (Å²) in [5, 5.41) is 2.13. The Morgan fingerprint density at radius 1 is 1.28 bits per heavy atom. The van der Waals surface area contributed by atoms with Crippen LogP contribution in [-0.2, 0) is 0 Å². The van der Waals surface area contributed by atoms with Crippen LogP contribution in [0.25, 0.3) is 0 Å². The number of hydrazine groups is 1. The van der Waals surface area contributed by atoms with Crippen LogP contribution in [-0.4, -0.2) is 25.2 Å². The molecule has 18 heavy (non-hydrogen) atoms. The van der Waals surface area contributed by atoms with Crippen molar-refractivity contribution in [3.63, 3.8) is 0 Å². The van der Waals surface area contributed by atoms with Crippen molar-refractivity contribution >= 4 is 5.69 Å². The average molecular weight is 244 g/mol. The summed E-state index contributed by atoms with van der Waals surface area (Å²) in [6.45, 7) is 2.13. The van der Waals surface area contributed by atoms with E-state index in [9.17, 15) is 0 Å². The Bertz CT molecular complexity index is 448. The number of ether oxygens (including phenoxy) is 1. The number of rotatable bonds is 4. The number of nitrogens with one attached hydrogen (secondary N) is 1. The van der Waals surface area contributed by atoms with Crippen LogP contribution in [0.1, 0.15) is 13.3 Å². The maximum absolute atomic E-state index is 5.14. The molecule has 1 N–H and O–H groups in total. The van der Waals surface area contributed by atoms with Crippen molar-refractivity contribution in [3.05, 3.63) is 48.1 Å². The van der Waals surface area contributed by atoms with Gasteiger partial charge in [0.25, 0.3) is 0 Å². The van der Waals surface area contributed by atoms with Gasteiger partial charge in [-0.15, -0.1) is 0 Å². The molecule has 0 amide bonds. The Labute approximate surface area is 109 Å². The maximum atomic E-state index is 5.14. The Morgan fingerprint density at radius 3 is 2.56 bits per heavy atom. The summed E-state index contributed by atoms with van der Waals surface area (Å²) in [6, 6.07) is 8.34. The minimum absolute atomic E-state index is 0.399. The third-order valence-electron chi connectivity index (χ3n) is 3.16. The molecule has 1 atom stereocenters. The first-order valence-corrected chi connectivity index (χ1v) is 6.17. The highest BCUT2D eigenvalue weighted by Gasteiger charge is 2.12. The van der Waals surface area contributed by atoms with E-state index in [0.717, 1.165) is 17.9 Å². The summed E-state index contributed by atoms with van der Waals surface area (Å²) >= 11 is 0. The first-order valence-electron chi connectivity index (χ1n) is 6.17. The number of allylic oxidation sites excluding steroid dienone is 2. The highest BCUT2D eigenvalue weighted by atomic mass is 16.5. The van der Waals surface area contributed by atoms with E-state index in [1.165, 1.54) is 5.57 Å². The first kappa shape index (κ1) is 12.7. The van der Waals surface area contributed by atoms with Gasteiger partial charge in [-0.1, -0.05) is 23.8 Å². The van der Waals surface area contributed by atoms with Gasteiger partial charge in [-0.25, -0.2) is 5.01 Å². The third-order valence-corrected chi connectivity index (χ3v) is 3.16. The molecule has 96 valence electrons. The second-order valence-corrected chi connectivity index (χ2v) is 4.56. The van der Waals surface area contributed by atoms with Gasteiger partial charge in [0, 0.05) is 12.7 Å². The van der Waals surface area contributed by atoms with Gasteiger partial charge in [-0.2, -0.15) is 0 Å². The smallest absolute Gasteiger partial charge is 0.119 e. The number of hydrogen-bond acceptors (Lipinski definition) is 3. The summed E-state index contributed by atoms with van der Waals surface area (Å²) in [4.78, 5) is 0. The van der Waals surface area contributed by atoms with Crippen LogP contribution in [0.5, 0.6) is 5.75 Å². The van der Waals surface area contributed by atoms with Crippen LogP contribution in [0.4, 0.5) is 5.69 Å². The van der Waals surface area contributed by atoms with E-state index in [1.807, 2.05) is 24.3 Å². The summed E-state index contributed by atoms with van der Waals surface area (Å²) in [5.74, 6) is 0.874. The standard InChI is InChI=1S/C15H20N2O/c1-12-4-8-14(9-5-12)17(2)16-13-6-10-15(18-3)11-7-13/h4-8,10-11,14,16H,9H2,1-3H3. The fourth-order valence-corrected chi connectivity index (χ4v) is 1.96. The van der Waals surface area contributed by atoms with Crippen molar-refractivity contribution in [3.8, 4) is 5.75 Å². The molecule has 3 nitrogen and oxygen atoms in total. The van der Waals surface area contributed by atoms with E-state index in [2.05, 4.69) is 42.6 Å². The van der Waals surface area contributed by atoms with Crippen LogP contribution >= 0.6 is 0 Å². The van der Waals surface area contributed by atoms with E-state index < -0.39 is 0 Å². The molecular weight excluding hydrogens is 224 g/mol. The van der Waals surface area contributed by atoms with Crippen molar-refractivity contribution in [2.45, 2.75) is 19.4 Å². The molecule has 0 saturated carbocycles. The van der Waals surface area contributed by atoms with Crippen molar-refractivity contribution in [2.24, 2.45) is 0 Å². The molecule has 0 fully saturated rings. The highest BCUT2D eigenvalue weighted by Crippen LogP contribution is 2.18. The molecule has 0 aromatic heterocycles. The highest BCUT2D eigenvalue weighted by molar-refractivity contribution is 5.45. The van der Waals surface area contributed by atoms with E-state index in [0.29, 0.717) is 6.04 Å². The minimum Gasteiger partial charge on any atom is -0.497 e. The van der Waals surface area contributed by atoms with Crippen LogP contribution in [0, 0.1) is 0 Å². The van der Waals surface area contributed by atoms with Crippen molar-refractivity contribution in [1.82, 2.24) is 5.01 Å². The number of nitrogens with zero attached hydrogens (tertiary/aromatic N) is 1. The molecule has 0 aliphatic heterocycles. The predicted octanol–water partition coefficient (Wildman–Crippen LogP) is 3.23. The van der Waals surface area contributed by atoms with Gasteiger partial charge in [0.2, 0.25) is 0 Å². The number of methoxy groups -OCH3 is 1. The molecule has 3 heteroatoms. The molecule has 0 bridgehead atoms. The molecule has 1 aromatic carbocycles. The van der Waals surface area contributed by atoms with Gasteiger partial charge < -0.3 is 10.2 Å². The fraction of sp³-hybridized carbons (Fsp3) is 0.333. The van der Waals surface area contributed by atoms with Gasteiger partial charge in [0.15, 0.2) is 0 Å². The SMILES string of the molecule is COc1ccc(NN(C)C2C=CC(C)=CC2)cc1. The van der Waals surface area contributed by atoms with E-state index >= 15 is 0 Å². The maximum Gasteiger partial charge on any atom is 0.119 e. The summed E-state index contributed by atoms with van der Waals surface area (Å²) in [6.07, 6.45) is 7.70. The predicted molar refractivity (Wildman–Crippen MR) is 75.7 cm³/mol. The number of hydrogen-bond donors (Lipinski definition) is 1. The third kappa shape index (κ3) is 3.14. The van der Waals surface area contributed by atoms with Crippen LogP contribution < -0.4 is 10.2 Å². The molecule has 0 heterocycles. The van der Waals surface area contributed by atoms with E-state index in [-0.39, 0.29) is 0 Å². The Kier molecular flexibility index (Phi) is 4.05. The second-order valence-electron chi connectivity index (χ2n) is 4.56. The minimum atomic E-state index is 0.399. The van der Waals surface area contributed by atoms with Crippen molar-refractivity contribution in [2.75, 3.05) is 19.6 Å². The van der Waals surface area contributed by atoms with Gasteiger partial charge in [0.05, 0.1) is 13.2 Å². The molecule has 1 aromatic rings. The van der Waals surface area contributed by atoms with E-state index in [4.69, 9.17) is 4.74 Å². The van der Waals surface area contributed by atoms with Crippen LogP contribution in [0.15, 0.2) is 48.1 Å². The molecule has 1 aliphatic carbocycles.